The first-order chi connectivity index (χ1) is 9.24. The lowest BCUT2D eigenvalue weighted by molar-refractivity contribution is 0.673. The molecule has 0 aliphatic rings. The fourth-order valence-electron chi connectivity index (χ4n) is 1.86. The van der Waals surface area contributed by atoms with Crippen LogP contribution in [0.15, 0.2) is 24.5 Å². The minimum atomic E-state index is 0.186. The second-order valence-corrected chi connectivity index (χ2v) is 4.41. The minimum absolute atomic E-state index is 0.186. The van der Waals surface area contributed by atoms with Crippen molar-refractivity contribution in [1.29, 1.82) is 5.26 Å². The quantitative estimate of drug-likeness (QED) is 0.829. The topological polar surface area (TPSA) is 66.5 Å². The van der Waals surface area contributed by atoms with Gasteiger partial charge >= 0.3 is 0 Å². The molecule has 98 valence electrons. The Labute approximate surface area is 112 Å². The van der Waals surface area contributed by atoms with Crippen molar-refractivity contribution in [1.82, 2.24) is 20.1 Å². The summed E-state index contributed by atoms with van der Waals surface area (Å²) in [6.45, 7) is 6.13. The molecule has 0 saturated heterocycles. The summed E-state index contributed by atoms with van der Waals surface area (Å²) < 4.78 is 1.62. The van der Waals surface area contributed by atoms with E-state index in [0.717, 1.165) is 25.2 Å². The molecule has 1 aromatic heterocycles. The largest absolute Gasteiger partial charge is 0.313 e. The predicted octanol–water partition coefficient (Wildman–Crippen LogP) is 1.95. The zero-order valence-corrected chi connectivity index (χ0v) is 11.2. The molecule has 0 spiro atoms. The number of rotatable bonds is 5. The van der Waals surface area contributed by atoms with Crippen LogP contribution < -0.4 is 5.32 Å². The lowest BCUT2D eigenvalue weighted by Crippen LogP contribution is -2.14. The zero-order chi connectivity index (χ0) is 13.7. The van der Waals surface area contributed by atoms with Gasteiger partial charge < -0.3 is 5.32 Å². The number of aryl methyl sites for hydroxylation is 1. The van der Waals surface area contributed by atoms with Gasteiger partial charge in [-0.3, -0.25) is 0 Å². The highest BCUT2D eigenvalue weighted by atomic mass is 15.3. The van der Waals surface area contributed by atoms with E-state index in [-0.39, 0.29) is 5.82 Å². The lowest BCUT2D eigenvalue weighted by Gasteiger charge is -2.09. The van der Waals surface area contributed by atoms with Crippen LogP contribution in [0.3, 0.4) is 0 Å². The molecule has 0 bridgehead atoms. The van der Waals surface area contributed by atoms with E-state index in [2.05, 4.69) is 41.4 Å². The fraction of sp³-hybridized carbons (Fsp3) is 0.357. The van der Waals surface area contributed by atoms with Crippen LogP contribution in [-0.2, 0) is 6.54 Å². The maximum atomic E-state index is 8.72. The van der Waals surface area contributed by atoms with Gasteiger partial charge in [0, 0.05) is 6.54 Å². The maximum Gasteiger partial charge on any atom is 0.252 e. The van der Waals surface area contributed by atoms with Crippen LogP contribution in [0, 0.1) is 18.3 Å². The zero-order valence-electron chi connectivity index (χ0n) is 11.2. The Morgan fingerprint density at radius 2 is 2.26 bits per heavy atom. The van der Waals surface area contributed by atoms with Gasteiger partial charge in [-0.25, -0.2) is 9.67 Å². The van der Waals surface area contributed by atoms with Crippen molar-refractivity contribution in [2.75, 3.05) is 6.54 Å². The second kappa shape index (κ2) is 6.12. The Balaban J connectivity index is 2.16. The molecule has 5 heteroatoms. The van der Waals surface area contributed by atoms with Crippen LogP contribution in [0.2, 0.25) is 0 Å². The van der Waals surface area contributed by atoms with Crippen molar-refractivity contribution in [3.8, 4) is 11.8 Å². The molecule has 0 aliphatic heterocycles. The summed E-state index contributed by atoms with van der Waals surface area (Å²) in [6.07, 6.45) is 2.69. The van der Waals surface area contributed by atoms with E-state index in [1.807, 2.05) is 12.1 Å². The number of benzene rings is 1. The molecule has 0 saturated carbocycles. The maximum absolute atomic E-state index is 8.72. The molecule has 0 aliphatic carbocycles. The third kappa shape index (κ3) is 3.18. The van der Waals surface area contributed by atoms with E-state index in [1.165, 1.54) is 11.1 Å². The van der Waals surface area contributed by atoms with Crippen molar-refractivity contribution in [3.05, 3.63) is 41.5 Å². The Kier molecular flexibility index (Phi) is 4.26. The van der Waals surface area contributed by atoms with Crippen LogP contribution >= 0.6 is 0 Å². The molecule has 0 amide bonds. The van der Waals surface area contributed by atoms with E-state index in [1.54, 1.807) is 11.0 Å². The molecule has 2 aromatic rings. The van der Waals surface area contributed by atoms with Gasteiger partial charge in [0.05, 0.1) is 5.69 Å². The third-order valence-electron chi connectivity index (χ3n) is 2.92. The van der Waals surface area contributed by atoms with Crippen molar-refractivity contribution in [2.24, 2.45) is 0 Å². The molecule has 1 N–H and O–H groups in total. The monoisotopic (exact) mass is 255 g/mol. The first-order valence-electron chi connectivity index (χ1n) is 6.37. The van der Waals surface area contributed by atoms with E-state index in [0.29, 0.717) is 0 Å². The highest BCUT2D eigenvalue weighted by Gasteiger charge is 2.04. The Bertz CT molecular complexity index is 594. The molecule has 19 heavy (non-hydrogen) atoms. The van der Waals surface area contributed by atoms with Gasteiger partial charge in [-0.15, -0.1) is 5.10 Å². The lowest BCUT2D eigenvalue weighted by atomic mass is 10.1. The summed E-state index contributed by atoms with van der Waals surface area (Å²) in [5, 5.41) is 16.2. The van der Waals surface area contributed by atoms with Crippen LogP contribution in [0.1, 0.15) is 30.3 Å². The standard InChI is InChI=1S/C14H17N5/c1-3-6-16-9-12-4-5-13(7-11(12)2)19-10-17-14(8-15)18-19/h4-5,7,10,16H,3,6,9H2,1-2H3. The van der Waals surface area contributed by atoms with Gasteiger partial charge in [-0.05, 0) is 43.1 Å². The van der Waals surface area contributed by atoms with E-state index < -0.39 is 0 Å². The van der Waals surface area contributed by atoms with Gasteiger partial charge in [0.15, 0.2) is 0 Å². The van der Waals surface area contributed by atoms with Gasteiger partial charge in [0.1, 0.15) is 12.4 Å². The Morgan fingerprint density at radius 3 is 2.89 bits per heavy atom. The molecule has 1 heterocycles. The number of nitrogens with zero attached hydrogens (tertiary/aromatic N) is 4. The normalized spacial score (nSPS) is 10.4. The average Bonchev–Trinajstić information content (AvgIpc) is 2.89. The Hall–Kier alpha value is -2.19. The minimum Gasteiger partial charge on any atom is -0.313 e. The van der Waals surface area contributed by atoms with Crippen LogP contribution in [0.4, 0.5) is 0 Å². The first kappa shape index (κ1) is 13.2. The SMILES string of the molecule is CCCNCc1ccc(-n2cnc(C#N)n2)cc1C. The summed E-state index contributed by atoms with van der Waals surface area (Å²) in [7, 11) is 0. The highest BCUT2D eigenvalue weighted by molar-refractivity contribution is 5.39. The summed E-state index contributed by atoms with van der Waals surface area (Å²) in [6, 6.07) is 8.05. The summed E-state index contributed by atoms with van der Waals surface area (Å²) >= 11 is 0. The molecular weight excluding hydrogens is 238 g/mol. The van der Waals surface area contributed by atoms with Gasteiger partial charge in [0.25, 0.3) is 5.82 Å². The summed E-state index contributed by atoms with van der Waals surface area (Å²) in [4.78, 5) is 3.90. The molecule has 2 rings (SSSR count). The van der Waals surface area contributed by atoms with Crippen molar-refractivity contribution in [3.63, 3.8) is 0 Å². The number of aromatic nitrogens is 3. The molecule has 0 radical (unpaired) electrons. The average molecular weight is 255 g/mol. The molecule has 0 fully saturated rings. The van der Waals surface area contributed by atoms with Gasteiger partial charge in [0.2, 0.25) is 0 Å². The van der Waals surface area contributed by atoms with E-state index in [4.69, 9.17) is 5.26 Å². The van der Waals surface area contributed by atoms with E-state index >= 15 is 0 Å². The van der Waals surface area contributed by atoms with Crippen molar-refractivity contribution >= 4 is 0 Å². The van der Waals surface area contributed by atoms with Crippen molar-refractivity contribution < 1.29 is 0 Å². The number of hydrogen-bond donors (Lipinski definition) is 1. The molecule has 0 atom stereocenters. The smallest absolute Gasteiger partial charge is 0.252 e. The second-order valence-electron chi connectivity index (χ2n) is 4.41. The molecule has 5 nitrogen and oxygen atoms in total. The first-order valence-corrected chi connectivity index (χ1v) is 6.37. The highest BCUT2D eigenvalue weighted by Crippen LogP contribution is 2.14. The Morgan fingerprint density at radius 1 is 1.42 bits per heavy atom. The predicted molar refractivity (Wildman–Crippen MR) is 72.8 cm³/mol. The van der Waals surface area contributed by atoms with E-state index in [9.17, 15) is 0 Å². The molecule has 1 aromatic carbocycles. The number of nitriles is 1. The fourth-order valence-corrected chi connectivity index (χ4v) is 1.86. The van der Waals surface area contributed by atoms with Gasteiger partial charge in [-0.2, -0.15) is 5.26 Å². The molecule has 0 unspecified atom stereocenters. The molecular formula is C14H17N5. The van der Waals surface area contributed by atoms with Crippen LogP contribution in [0.5, 0.6) is 0 Å². The summed E-state index contributed by atoms with van der Waals surface area (Å²) in [5.74, 6) is 0.186. The number of hydrogen-bond acceptors (Lipinski definition) is 4. The van der Waals surface area contributed by atoms with Crippen LogP contribution in [-0.4, -0.2) is 21.3 Å². The summed E-state index contributed by atoms with van der Waals surface area (Å²) in [5.41, 5.74) is 3.40. The van der Waals surface area contributed by atoms with Gasteiger partial charge in [-0.1, -0.05) is 13.0 Å². The number of nitrogens with one attached hydrogen (secondary N) is 1. The van der Waals surface area contributed by atoms with Crippen molar-refractivity contribution in [2.45, 2.75) is 26.8 Å². The van der Waals surface area contributed by atoms with Crippen LogP contribution in [0.25, 0.3) is 5.69 Å². The third-order valence-corrected chi connectivity index (χ3v) is 2.92.